The van der Waals surface area contributed by atoms with E-state index in [1.54, 1.807) is 24.3 Å². The van der Waals surface area contributed by atoms with Crippen LogP contribution in [0.2, 0.25) is 0 Å². The Morgan fingerprint density at radius 3 is 1.93 bits per heavy atom. The van der Waals surface area contributed by atoms with Gasteiger partial charge in [-0.25, -0.2) is 0 Å². The van der Waals surface area contributed by atoms with E-state index in [1.807, 2.05) is 0 Å². The van der Waals surface area contributed by atoms with E-state index in [-0.39, 0.29) is 41.4 Å². The topological polar surface area (TPSA) is 56.3 Å². The van der Waals surface area contributed by atoms with Crippen LogP contribution in [-0.2, 0) is 4.74 Å². The Hall–Kier alpha value is -3.43. The summed E-state index contributed by atoms with van der Waals surface area (Å²) in [4.78, 5) is 32.5. The highest BCUT2D eigenvalue weighted by molar-refractivity contribution is 8.16. The first-order valence-corrected chi connectivity index (χ1v) is 14.6. The second-order valence-electron chi connectivity index (χ2n) is 9.67. The molecule has 0 saturated carbocycles. The van der Waals surface area contributed by atoms with E-state index in [1.165, 1.54) is 21.3 Å². The van der Waals surface area contributed by atoms with E-state index < -0.39 is 0 Å². The molecule has 6 rings (SSSR count). The van der Waals surface area contributed by atoms with Crippen molar-refractivity contribution in [2.24, 2.45) is 0 Å². The number of halogens is 1. The van der Waals surface area contributed by atoms with E-state index in [0.717, 1.165) is 32.7 Å². The number of carbonyl (C=O) groups is 2. The standard InChI is InChI=1S/C31H32N4O3S.ClH/c36-30-27-13-7-8-14-28(27)31(37)34(30)21-23-38-22-20-32-16-18-33(19-17-32)29-15-24-39(26-11-5-2-6-12-26)35(29)25-9-3-1-4-10-25;/h1-15,24H,16-23H2;1H. The first-order valence-electron chi connectivity index (χ1n) is 13.4. The molecular formula is C31H33ClN4O3S. The number of anilines is 1. The van der Waals surface area contributed by atoms with E-state index in [0.29, 0.717) is 24.3 Å². The van der Waals surface area contributed by atoms with Crippen LogP contribution in [0.5, 0.6) is 0 Å². The molecule has 208 valence electrons. The highest BCUT2D eigenvalue weighted by atomic mass is 35.5. The monoisotopic (exact) mass is 576 g/mol. The maximum Gasteiger partial charge on any atom is 0.261 e. The molecule has 0 bridgehead atoms. The molecule has 1 unspecified atom stereocenters. The molecule has 3 aliphatic rings. The Morgan fingerprint density at radius 1 is 0.700 bits per heavy atom. The first-order chi connectivity index (χ1) is 19.2. The van der Waals surface area contributed by atoms with Crippen molar-refractivity contribution in [3.63, 3.8) is 0 Å². The number of piperazine rings is 1. The van der Waals surface area contributed by atoms with Gasteiger partial charge in [-0.1, -0.05) is 59.2 Å². The summed E-state index contributed by atoms with van der Waals surface area (Å²) in [6, 6.07) is 28.3. The predicted molar refractivity (Wildman–Crippen MR) is 163 cm³/mol. The number of amides is 2. The van der Waals surface area contributed by atoms with Gasteiger partial charge in [0, 0.05) is 37.6 Å². The zero-order valence-electron chi connectivity index (χ0n) is 22.2. The summed E-state index contributed by atoms with van der Waals surface area (Å²) in [7, 11) is -0.158. The third kappa shape index (κ3) is 5.71. The zero-order valence-corrected chi connectivity index (χ0v) is 23.9. The summed E-state index contributed by atoms with van der Waals surface area (Å²) in [5, 5.41) is 2.33. The average molecular weight is 577 g/mol. The highest BCUT2D eigenvalue weighted by Crippen LogP contribution is 2.42. The smallest absolute Gasteiger partial charge is 0.261 e. The molecule has 1 atom stereocenters. The normalized spacial score (nSPS) is 18.9. The van der Waals surface area contributed by atoms with Crippen molar-refractivity contribution in [1.29, 1.82) is 0 Å². The van der Waals surface area contributed by atoms with Gasteiger partial charge in [0.25, 0.3) is 11.8 Å². The summed E-state index contributed by atoms with van der Waals surface area (Å²) in [6.07, 6.45) is 2.28. The van der Waals surface area contributed by atoms with Crippen molar-refractivity contribution >= 4 is 45.9 Å². The van der Waals surface area contributed by atoms with Crippen LogP contribution < -0.4 is 4.31 Å². The number of carbonyl (C=O) groups excluding carboxylic acids is 2. The molecule has 0 N–H and O–H groups in total. The van der Waals surface area contributed by atoms with E-state index in [9.17, 15) is 9.59 Å². The van der Waals surface area contributed by atoms with Crippen molar-refractivity contribution in [3.8, 4) is 0 Å². The molecule has 2 amide bonds. The van der Waals surface area contributed by atoms with Crippen LogP contribution in [0.1, 0.15) is 20.7 Å². The lowest BCUT2D eigenvalue weighted by Gasteiger charge is -2.40. The minimum atomic E-state index is -0.228. The number of imide groups is 1. The molecule has 7 nitrogen and oxygen atoms in total. The van der Waals surface area contributed by atoms with Gasteiger partial charge in [-0.3, -0.25) is 23.7 Å². The van der Waals surface area contributed by atoms with Gasteiger partial charge in [-0.15, -0.1) is 12.4 Å². The lowest BCUT2D eigenvalue weighted by atomic mass is 10.1. The first kappa shape index (κ1) is 28.1. The second-order valence-corrected chi connectivity index (χ2v) is 11.4. The predicted octanol–water partition coefficient (Wildman–Crippen LogP) is 4.75. The molecule has 3 aromatic carbocycles. The quantitative estimate of drug-likeness (QED) is 0.208. The fraction of sp³-hybridized carbons (Fsp3) is 0.258. The number of para-hydroxylation sites is 1. The van der Waals surface area contributed by atoms with Gasteiger partial charge in [0.15, 0.2) is 0 Å². The zero-order chi connectivity index (χ0) is 26.6. The van der Waals surface area contributed by atoms with Gasteiger partial charge in [0.05, 0.1) is 36.6 Å². The Morgan fingerprint density at radius 2 is 1.27 bits per heavy atom. The molecule has 0 aromatic heterocycles. The largest absolute Gasteiger partial charge is 0.378 e. The third-order valence-corrected chi connectivity index (χ3v) is 9.25. The van der Waals surface area contributed by atoms with Crippen LogP contribution in [-0.4, -0.2) is 84.4 Å². The molecule has 3 heterocycles. The number of fused-ring (bicyclic) bond motifs is 1. The van der Waals surface area contributed by atoms with Gasteiger partial charge < -0.3 is 9.64 Å². The molecule has 40 heavy (non-hydrogen) atoms. The number of hydrogen-bond acceptors (Lipinski definition) is 6. The maximum absolute atomic E-state index is 12.5. The van der Waals surface area contributed by atoms with Crippen LogP contribution in [0, 0.1) is 0 Å². The molecule has 0 aliphatic carbocycles. The molecule has 0 radical (unpaired) electrons. The van der Waals surface area contributed by atoms with Gasteiger partial charge in [0.2, 0.25) is 0 Å². The summed E-state index contributed by atoms with van der Waals surface area (Å²) in [6.45, 7) is 5.85. The second kappa shape index (κ2) is 12.8. The summed E-state index contributed by atoms with van der Waals surface area (Å²) in [5.41, 5.74) is 2.17. The van der Waals surface area contributed by atoms with E-state index in [2.05, 4.69) is 86.2 Å². The Labute approximate surface area is 244 Å². The Kier molecular flexibility index (Phi) is 9.01. The number of rotatable bonds is 9. The molecular weight excluding hydrogens is 544 g/mol. The summed E-state index contributed by atoms with van der Waals surface area (Å²) in [5.74, 6) is 0.798. The van der Waals surface area contributed by atoms with Crippen LogP contribution in [0.25, 0.3) is 0 Å². The number of allylic oxidation sites excluding steroid dienone is 1. The molecule has 3 aliphatic heterocycles. The molecule has 1 saturated heterocycles. The van der Waals surface area contributed by atoms with Crippen LogP contribution in [0.15, 0.2) is 102 Å². The van der Waals surface area contributed by atoms with Crippen LogP contribution in [0.4, 0.5) is 5.69 Å². The van der Waals surface area contributed by atoms with Gasteiger partial charge in [-0.05, 0) is 47.8 Å². The molecule has 9 heteroatoms. The highest BCUT2D eigenvalue weighted by Gasteiger charge is 2.34. The van der Waals surface area contributed by atoms with Gasteiger partial charge >= 0.3 is 0 Å². The number of ether oxygens (including phenoxy) is 1. The SMILES string of the molecule is Cl.O=C1c2ccccc2C(=O)N1CCOCCN1CCN(C2=CC=S(c3ccccc3)N2c2ccccc2)CC1. The van der Waals surface area contributed by atoms with Crippen LogP contribution in [0.3, 0.4) is 0 Å². The fourth-order valence-electron chi connectivity index (χ4n) is 5.24. The van der Waals surface area contributed by atoms with Crippen molar-refractivity contribution in [2.75, 3.05) is 56.8 Å². The van der Waals surface area contributed by atoms with Crippen molar-refractivity contribution < 1.29 is 14.3 Å². The van der Waals surface area contributed by atoms with Gasteiger partial charge in [-0.2, -0.15) is 0 Å². The Balaban J connectivity index is 0.00000323. The van der Waals surface area contributed by atoms with Crippen molar-refractivity contribution in [2.45, 2.75) is 4.90 Å². The van der Waals surface area contributed by atoms with Crippen molar-refractivity contribution in [3.05, 3.63) is 108 Å². The third-order valence-electron chi connectivity index (χ3n) is 7.31. The van der Waals surface area contributed by atoms with Crippen LogP contribution >= 0.6 is 23.1 Å². The summed E-state index contributed by atoms with van der Waals surface area (Å²) < 4.78 is 8.30. The van der Waals surface area contributed by atoms with Gasteiger partial charge in [0.1, 0.15) is 5.82 Å². The molecule has 3 aromatic rings. The van der Waals surface area contributed by atoms with E-state index in [4.69, 9.17) is 4.74 Å². The molecule has 1 fully saturated rings. The minimum Gasteiger partial charge on any atom is -0.378 e. The minimum absolute atomic E-state index is 0. The number of nitrogens with zero attached hydrogens (tertiary/aromatic N) is 4. The average Bonchev–Trinajstić information content (AvgIpc) is 3.54. The van der Waals surface area contributed by atoms with Crippen molar-refractivity contribution in [1.82, 2.24) is 14.7 Å². The molecule has 0 spiro atoms. The summed E-state index contributed by atoms with van der Waals surface area (Å²) >= 11 is 0. The number of hydrogen-bond donors (Lipinski definition) is 0. The maximum atomic E-state index is 12.5. The Bertz CT molecular complexity index is 1370. The fourth-order valence-corrected chi connectivity index (χ4v) is 7.14. The van der Waals surface area contributed by atoms with E-state index >= 15 is 0 Å². The lowest BCUT2D eigenvalue weighted by molar-refractivity contribution is 0.0508. The lowest BCUT2D eigenvalue weighted by Crippen LogP contribution is -2.48. The number of benzene rings is 3.